The van der Waals surface area contributed by atoms with Crippen LogP contribution in [-0.4, -0.2) is 7.11 Å². The third-order valence-electron chi connectivity index (χ3n) is 2.85. The Morgan fingerprint density at radius 3 is 2.79 bits per heavy atom. The number of methoxy groups -OCH3 is 1. The molecule has 1 unspecified atom stereocenters. The molecule has 102 valence electrons. The molecule has 0 saturated carbocycles. The summed E-state index contributed by atoms with van der Waals surface area (Å²) in [4.78, 5) is 0. The first-order valence-corrected chi connectivity index (χ1v) is 8.41. The van der Waals surface area contributed by atoms with Gasteiger partial charge in [0, 0.05) is 0 Å². The Hall–Kier alpha value is -0.150. The minimum absolute atomic E-state index is 0.125. The maximum absolute atomic E-state index is 5.67. The fourth-order valence-electron chi connectivity index (χ4n) is 1.85. The average molecular weight is 453 g/mol. The SMILES string of the molecule is COc1ccc(CC(NN)c2csc(I)c2)cc1Br. The largest absolute Gasteiger partial charge is 0.496 e. The van der Waals surface area contributed by atoms with Gasteiger partial charge in [-0.1, -0.05) is 6.07 Å². The molecule has 19 heavy (non-hydrogen) atoms. The molecule has 6 heteroatoms. The molecule has 0 fully saturated rings. The van der Waals surface area contributed by atoms with Crippen LogP contribution in [0.15, 0.2) is 34.1 Å². The molecule has 0 saturated heterocycles. The Labute approximate surface area is 138 Å². The first kappa shape index (κ1) is 15.2. The number of ether oxygens (including phenoxy) is 1. The molecule has 0 bridgehead atoms. The third kappa shape index (κ3) is 3.91. The molecule has 0 spiro atoms. The Bertz CT molecular complexity index is 561. The second-order valence-electron chi connectivity index (χ2n) is 4.08. The Balaban J connectivity index is 2.16. The summed E-state index contributed by atoms with van der Waals surface area (Å²) in [5.74, 6) is 6.51. The van der Waals surface area contributed by atoms with Gasteiger partial charge < -0.3 is 4.74 Å². The molecule has 0 amide bonds. The number of hydrogen-bond acceptors (Lipinski definition) is 4. The smallest absolute Gasteiger partial charge is 0.133 e. The molecule has 0 aliphatic rings. The average Bonchev–Trinajstić information content (AvgIpc) is 2.82. The summed E-state index contributed by atoms with van der Waals surface area (Å²) in [5, 5.41) is 2.14. The summed E-state index contributed by atoms with van der Waals surface area (Å²) in [6.07, 6.45) is 0.839. The van der Waals surface area contributed by atoms with E-state index in [1.165, 1.54) is 14.0 Å². The van der Waals surface area contributed by atoms with Crippen LogP contribution in [-0.2, 0) is 6.42 Å². The number of nitrogens with one attached hydrogen (secondary N) is 1. The van der Waals surface area contributed by atoms with Crippen molar-refractivity contribution in [3.05, 3.63) is 48.1 Å². The summed E-state index contributed by atoms with van der Waals surface area (Å²) in [7, 11) is 1.66. The number of hydrazine groups is 1. The number of hydrogen-bond donors (Lipinski definition) is 2. The van der Waals surface area contributed by atoms with Crippen LogP contribution in [0.1, 0.15) is 17.2 Å². The van der Waals surface area contributed by atoms with E-state index in [9.17, 15) is 0 Å². The van der Waals surface area contributed by atoms with Crippen LogP contribution in [0.2, 0.25) is 0 Å². The van der Waals surface area contributed by atoms with Crippen molar-refractivity contribution >= 4 is 49.9 Å². The van der Waals surface area contributed by atoms with E-state index in [-0.39, 0.29) is 6.04 Å². The maximum Gasteiger partial charge on any atom is 0.133 e. The first-order valence-electron chi connectivity index (χ1n) is 5.66. The van der Waals surface area contributed by atoms with Gasteiger partial charge in [0.1, 0.15) is 5.75 Å². The summed E-state index contributed by atoms with van der Waals surface area (Å²) in [6.45, 7) is 0. The van der Waals surface area contributed by atoms with Gasteiger partial charge in [0.2, 0.25) is 0 Å². The molecule has 1 atom stereocenters. The topological polar surface area (TPSA) is 47.3 Å². The number of nitrogens with two attached hydrogens (primary N) is 1. The van der Waals surface area contributed by atoms with E-state index < -0.39 is 0 Å². The molecular weight excluding hydrogens is 439 g/mol. The van der Waals surface area contributed by atoms with Gasteiger partial charge in [-0.3, -0.25) is 11.3 Å². The zero-order chi connectivity index (χ0) is 13.8. The predicted octanol–water partition coefficient (Wildman–Crippen LogP) is 3.87. The van der Waals surface area contributed by atoms with Crippen LogP contribution in [0.25, 0.3) is 0 Å². The van der Waals surface area contributed by atoms with Crippen LogP contribution in [0.5, 0.6) is 5.75 Å². The van der Waals surface area contributed by atoms with E-state index in [1.54, 1.807) is 18.4 Å². The Morgan fingerprint density at radius 1 is 1.47 bits per heavy atom. The van der Waals surface area contributed by atoms with Gasteiger partial charge in [0.15, 0.2) is 0 Å². The highest BCUT2D eigenvalue weighted by atomic mass is 127. The maximum atomic E-state index is 5.67. The minimum atomic E-state index is 0.125. The zero-order valence-electron chi connectivity index (χ0n) is 10.3. The lowest BCUT2D eigenvalue weighted by molar-refractivity contribution is 0.412. The lowest BCUT2D eigenvalue weighted by atomic mass is 10.0. The molecule has 2 aromatic rings. The van der Waals surface area contributed by atoms with Crippen molar-refractivity contribution < 1.29 is 4.74 Å². The molecule has 2 rings (SSSR count). The van der Waals surface area contributed by atoms with Crippen LogP contribution in [0.3, 0.4) is 0 Å². The number of thiophene rings is 1. The normalized spacial score (nSPS) is 12.4. The van der Waals surface area contributed by atoms with Crippen molar-refractivity contribution in [2.45, 2.75) is 12.5 Å². The summed E-state index contributed by atoms with van der Waals surface area (Å²) < 4.78 is 7.46. The lowest BCUT2D eigenvalue weighted by Crippen LogP contribution is -2.29. The standard InChI is InChI=1S/C13H14BrIN2OS/c1-18-12-3-2-8(4-10(12)14)5-11(17-16)9-6-13(15)19-7-9/h2-4,6-7,11,17H,5,16H2,1H3. The van der Waals surface area contributed by atoms with Crippen LogP contribution in [0.4, 0.5) is 0 Å². The molecule has 0 radical (unpaired) electrons. The molecule has 3 N–H and O–H groups in total. The van der Waals surface area contributed by atoms with Gasteiger partial charge in [-0.2, -0.15) is 0 Å². The molecule has 1 aromatic carbocycles. The van der Waals surface area contributed by atoms with E-state index >= 15 is 0 Å². The van der Waals surface area contributed by atoms with Gasteiger partial charge in [0.25, 0.3) is 0 Å². The van der Waals surface area contributed by atoms with Gasteiger partial charge in [0.05, 0.1) is 20.5 Å². The van der Waals surface area contributed by atoms with Crippen LogP contribution < -0.4 is 16.0 Å². The second-order valence-corrected chi connectivity index (χ2v) is 7.74. The van der Waals surface area contributed by atoms with Gasteiger partial charge >= 0.3 is 0 Å². The van der Waals surface area contributed by atoms with Crippen LogP contribution >= 0.6 is 49.9 Å². The van der Waals surface area contributed by atoms with Crippen molar-refractivity contribution in [2.24, 2.45) is 5.84 Å². The quantitative estimate of drug-likeness (QED) is 0.411. The van der Waals surface area contributed by atoms with Crippen molar-refractivity contribution in [3.63, 3.8) is 0 Å². The van der Waals surface area contributed by atoms with Gasteiger partial charge in [-0.15, -0.1) is 11.3 Å². The van der Waals surface area contributed by atoms with Crippen molar-refractivity contribution in [1.82, 2.24) is 5.43 Å². The third-order valence-corrected chi connectivity index (χ3v) is 5.27. The van der Waals surface area contributed by atoms with Crippen molar-refractivity contribution in [1.29, 1.82) is 0 Å². The fraction of sp³-hybridized carbons (Fsp3) is 0.231. The summed E-state index contributed by atoms with van der Waals surface area (Å²) >= 11 is 7.56. The number of rotatable bonds is 5. The number of benzene rings is 1. The molecule has 1 heterocycles. The molecule has 0 aliphatic carbocycles. The summed E-state index contributed by atoms with van der Waals surface area (Å²) in [5.41, 5.74) is 5.32. The van der Waals surface area contributed by atoms with Crippen molar-refractivity contribution in [2.75, 3.05) is 7.11 Å². The Morgan fingerprint density at radius 2 is 2.26 bits per heavy atom. The highest BCUT2D eigenvalue weighted by molar-refractivity contribution is 14.1. The molecular formula is C13H14BrIN2OS. The molecule has 3 nitrogen and oxygen atoms in total. The van der Waals surface area contributed by atoms with Crippen LogP contribution in [0, 0.1) is 2.88 Å². The predicted molar refractivity (Wildman–Crippen MR) is 91.5 cm³/mol. The van der Waals surface area contributed by atoms with Gasteiger partial charge in [-0.25, -0.2) is 0 Å². The van der Waals surface area contributed by atoms with E-state index in [0.29, 0.717) is 0 Å². The Kier molecular flexibility index (Phi) is 5.64. The molecule has 1 aromatic heterocycles. The fourth-order valence-corrected chi connectivity index (χ4v) is 3.87. The first-order chi connectivity index (χ1) is 9.13. The minimum Gasteiger partial charge on any atom is -0.496 e. The summed E-state index contributed by atoms with van der Waals surface area (Å²) in [6, 6.07) is 8.38. The van der Waals surface area contributed by atoms with Gasteiger partial charge in [-0.05, 0) is 79.6 Å². The highest BCUT2D eigenvalue weighted by Crippen LogP contribution is 2.29. The monoisotopic (exact) mass is 452 g/mol. The zero-order valence-corrected chi connectivity index (χ0v) is 14.9. The van der Waals surface area contributed by atoms with E-state index in [4.69, 9.17) is 10.6 Å². The van der Waals surface area contributed by atoms with E-state index in [1.807, 2.05) is 6.07 Å². The van der Waals surface area contributed by atoms with E-state index in [2.05, 4.69) is 67.5 Å². The lowest BCUT2D eigenvalue weighted by Gasteiger charge is -2.15. The van der Waals surface area contributed by atoms with E-state index in [0.717, 1.165) is 16.6 Å². The number of halogens is 2. The van der Waals surface area contributed by atoms with Crippen molar-refractivity contribution in [3.8, 4) is 5.75 Å². The second kappa shape index (κ2) is 7.03. The molecule has 0 aliphatic heterocycles. The highest BCUT2D eigenvalue weighted by Gasteiger charge is 2.13.